The van der Waals surface area contributed by atoms with Crippen LogP contribution in [-0.4, -0.2) is 30.1 Å². The van der Waals surface area contributed by atoms with Crippen molar-refractivity contribution in [1.29, 1.82) is 0 Å². The van der Waals surface area contributed by atoms with Crippen LogP contribution in [0.15, 0.2) is 0 Å². The van der Waals surface area contributed by atoms with E-state index in [1.54, 1.807) is 0 Å². The highest BCUT2D eigenvalue weighted by Gasteiger charge is 2.50. The molecule has 0 unspecified atom stereocenters. The standard InChI is InChI=1S/C13H24N2O3/c1-9(2)5-10(7-14)6-11(16)15-8-13(3-4-13)12(17)18/h9-10H,3-8,14H2,1-2H3,(H,15,16)(H,17,18)/t10-/m0/s1. The smallest absolute Gasteiger partial charge is 0.311 e. The zero-order chi connectivity index (χ0) is 13.8. The molecule has 1 amide bonds. The van der Waals surface area contributed by atoms with Gasteiger partial charge < -0.3 is 16.2 Å². The molecule has 4 N–H and O–H groups in total. The molecule has 1 atom stereocenters. The third-order valence-electron chi connectivity index (χ3n) is 3.54. The van der Waals surface area contributed by atoms with Gasteiger partial charge in [-0.3, -0.25) is 9.59 Å². The summed E-state index contributed by atoms with van der Waals surface area (Å²) in [5.74, 6) is -0.191. The molecule has 18 heavy (non-hydrogen) atoms. The molecule has 0 heterocycles. The molecule has 1 saturated carbocycles. The maximum atomic E-state index is 11.7. The molecule has 0 aliphatic heterocycles. The first-order chi connectivity index (χ1) is 8.39. The minimum atomic E-state index is -0.805. The second-order valence-corrected chi connectivity index (χ2v) is 5.80. The van der Waals surface area contributed by atoms with Crippen LogP contribution in [-0.2, 0) is 9.59 Å². The number of carbonyl (C=O) groups excluding carboxylic acids is 1. The Balaban J connectivity index is 2.30. The number of carbonyl (C=O) groups is 2. The Morgan fingerprint density at radius 3 is 2.39 bits per heavy atom. The molecule has 1 rings (SSSR count). The fourth-order valence-corrected chi connectivity index (χ4v) is 2.15. The molecule has 1 aliphatic rings. The Hall–Kier alpha value is -1.10. The molecule has 1 aliphatic carbocycles. The van der Waals surface area contributed by atoms with Crippen molar-refractivity contribution >= 4 is 11.9 Å². The van der Waals surface area contributed by atoms with E-state index in [2.05, 4.69) is 19.2 Å². The van der Waals surface area contributed by atoms with Gasteiger partial charge in [0.15, 0.2) is 0 Å². The van der Waals surface area contributed by atoms with Crippen LogP contribution in [0, 0.1) is 17.3 Å². The number of nitrogens with one attached hydrogen (secondary N) is 1. The first-order valence-corrected chi connectivity index (χ1v) is 6.60. The third kappa shape index (κ3) is 4.29. The summed E-state index contributed by atoms with van der Waals surface area (Å²) in [6.07, 6.45) is 2.64. The van der Waals surface area contributed by atoms with E-state index in [1.165, 1.54) is 0 Å². The van der Waals surface area contributed by atoms with Gasteiger partial charge in [-0.05, 0) is 37.6 Å². The van der Waals surface area contributed by atoms with Crippen LogP contribution in [0.25, 0.3) is 0 Å². The van der Waals surface area contributed by atoms with E-state index >= 15 is 0 Å². The summed E-state index contributed by atoms with van der Waals surface area (Å²) in [4.78, 5) is 22.7. The highest BCUT2D eigenvalue weighted by atomic mass is 16.4. The van der Waals surface area contributed by atoms with Gasteiger partial charge in [0.25, 0.3) is 0 Å². The van der Waals surface area contributed by atoms with Crippen LogP contribution in [0.5, 0.6) is 0 Å². The monoisotopic (exact) mass is 256 g/mol. The summed E-state index contributed by atoms with van der Waals surface area (Å²) < 4.78 is 0. The molecule has 0 bridgehead atoms. The van der Waals surface area contributed by atoms with Gasteiger partial charge in [0.1, 0.15) is 0 Å². The largest absolute Gasteiger partial charge is 0.481 e. The normalized spacial score (nSPS) is 18.4. The topological polar surface area (TPSA) is 92.4 Å². The SMILES string of the molecule is CC(C)C[C@H](CN)CC(=O)NCC1(C(=O)O)CC1. The Morgan fingerprint density at radius 1 is 1.39 bits per heavy atom. The zero-order valence-corrected chi connectivity index (χ0v) is 11.2. The Kier molecular flexibility index (Phi) is 5.14. The van der Waals surface area contributed by atoms with E-state index < -0.39 is 11.4 Å². The summed E-state index contributed by atoms with van der Waals surface area (Å²) in [6, 6.07) is 0. The lowest BCUT2D eigenvalue weighted by atomic mass is 9.94. The molecule has 0 radical (unpaired) electrons. The fourth-order valence-electron chi connectivity index (χ4n) is 2.15. The second-order valence-electron chi connectivity index (χ2n) is 5.80. The number of hydrogen-bond acceptors (Lipinski definition) is 3. The molecule has 104 valence electrons. The van der Waals surface area contributed by atoms with Gasteiger partial charge in [-0.2, -0.15) is 0 Å². The number of rotatable bonds is 8. The maximum Gasteiger partial charge on any atom is 0.311 e. The zero-order valence-electron chi connectivity index (χ0n) is 11.2. The molecule has 0 aromatic carbocycles. The summed E-state index contributed by atoms with van der Waals surface area (Å²) in [6.45, 7) is 4.95. The van der Waals surface area contributed by atoms with E-state index in [0.29, 0.717) is 31.7 Å². The van der Waals surface area contributed by atoms with Gasteiger partial charge in [-0.1, -0.05) is 13.8 Å². The third-order valence-corrected chi connectivity index (χ3v) is 3.54. The average Bonchev–Trinajstić information content (AvgIpc) is 3.06. The van der Waals surface area contributed by atoms with Crippen LogP contribution >= 0.6 is 0 Å². The van der Waals surface area contributed by atoms with Crippen LogP contribution in [0.2, 0.25) is 0 Å². The Labute approximate surface area is 108 Å². The van der Waals surface area contributed by atoms with E-state index in [-0.39, 0.29) is 18.4 Å². The van der Waals surface area contributed by atoms with Crippen molar-refractivity contribution in [1.82, 2.24) is 5.32 Å². The fraction of sp³-hybridized carbons (Fsp3) is 0.846. The van der Waals surface area contributed by atoms with Gasteiger partial charge >= 0.3 is 5.97 Å². The number of carboxylic acids is 1. The number of hydrogen-bond donors (Lipinski definition) is 3. The number of carboxylic acid groups (broad SMARTS) is 1. The predicted octanol–water partition coefficient (Wildman–Crippen LogP) is 0.979. The summed E-state index contributed by atoms with van der Waals surface area (Å²) in [5, 5.41) is 11.7. The van der Waals surface area contributed by atoms with Crippen molar-refractivity contribution in [3.63, 3.8) is 0 Å². The van der Waals surface area contributed by atoms with Crippen LogP contribution in [0.3, 0.4) is 0 Å². The van der Waals surface area contributed by atoms with Gasteiger partial charge in [0, 0.05) is 13.0 Å². The minimum Gasteiger partial charge on any atom is -0.481 e. The quantitative estimate of drug-likeness (QED) is 0.603. The Bertz CT molecular complexity index is 311. The molecule has 0 spiro atoms. The first kappa shape index (κ1) is 15.0. The Morgan fingerprint density at radius 2 is 2.00 bits per heavy atom. The summed E-state index contributed by atoms with van der Waals surface area (Å²) in [7, 11) is 0. The molecular weight excluding hydrogens is 232 g/mol. The lowest BCUT2D eigenvalue weighted by Crippen LogP contribution is -2.36. The maximum absolute atomic E-state index is 11.7. The van der Waals surface area contributed by atoms with Crippen molar-refractivity contribution in [2.45, 2.75) is 39.5 Å². The highest BCUT2D eigenvalue weighted by molar-refractivity contribution is 5.81. The van der Waals surface area contributed by atoms with Crippen molar-refractivity contribution in [3.05, 3.63) is 0 Å². The molecule has 0 saturated heterocycles. The van der Waals surface area contributed by atoms with Gasteiger partial charge in [0.2, 0.25) is 5.91 Å². The summed E-state index contributed by atoms with van der Waals surface area (Å²) in [5.41, 5.74) is 4.95. The van der Waals surface area contributed by atoms with E-state index in [4.69, 9.17) is 10.8 Å². The van der Waals surface area contributed by atoms with Crippen molar-refractivity contribution in [3.8, 4) is 0 Å². The van der Waals surface area contributed by atoms with Crippen molar-refractivity contribution < 1.29 is 14.7 Å². The lowest BCUT2D eigenvalue weighted by Gasteiger charge is -2.17. The molecule has 5 nitrogen and oxygen atoms in total. The van der Waals surface area contributed by atoms with Gasteiger partial charge in [0.05, 0.1) is 5.41 Å². The lowest BCUT2D eigenvalue weighted by molar-refractivity contribution is -0.143. The summed E-state index contributed by atoms with van der Waals surface area (Å²) >= 11 is 0. The van der Waals surface area contributed by atoms with Crippen LogP contribution in [0.1, 0.15) is 39.5 Å². The van der Waals surface area contributed by atoms with E-state index in [9.17, 15) is 9.59 Å². The number of aliphatic carboxylic acids is 1. The minimum absolute atomic E-state index is 0.0846. The highest BCUT2D eigenvalue weighted by Crippen LogP contribution is 2.45. The number of nitrogens with two attached hydrogens (primary N) is 1. The van der Waals surface area contributed by atoms with Crippen LogP contribution < -0.4 is 11.1 Å². The molecular formula is C13H24N2O3. The predicted molar refractivity (Wildman–Crippen MR) is 68.9 cm³/mol. The molecule has 1 fully saturated rings. The molecule has 5 heteroatoms. The van der Waals surface area contributed by atoms with Crippen molar-refractivity contribution in [2.24, 2.45) is 23.0 Å². The second kappa shape index (κ2) is 6.18. The number of amides is 1. The van der Waals surface area contributed by atoms with Gasteiger partial charge in [-0.15, -0.1) is 0 Å². The average molecular weight is 256 g/mol. The van der Waals surface area contributed by atoms with Gasteiger partial charge in [-0.25, -0.2) is 0 Å². The van der Waals surface area contributed by atoms with E-state index in [0.717, 1.165) is 6.42 Å². The first-order valence-electron chi connectivity index (χ1n) is 6.60. The van der Waals surface area contributed by atoms with Crippen molar-refractivity contribution in [2.75, 3.05) is 13.1 Å². The van der Waals surface area contributed by atoms with Crippen LogP contribution in [0.4, 0.5) is 0 Å². The molecule has 0 aromatic heterocycles. The van der Waals surface area contributed by atoms with E-state index in [1.807, 2.05) is 0 Å². The molecule has 0 aromatic rings.